The highest BCUT2D eigenvalue weighted by Gasteiger charge is 2.36. The molecule has 0 bridgehead atoms. The van der Waals surface area contributed by atoms with E-state index in [1.807, 2.05) is 0 Å². The van der Waals surface area contributed by atoms with Gasteiger partial charge in [-0.2, -0.15) is 0 Å². The van der Waals surface area contributed by atoms with Gasteiger partial charge in [-0.3, -0.25) is 0 Å². The van der Waals surface area contributed by atoms with Crippen molar-refractivity contribution in [3.05, 3.63) is 29.3 Å². The first-order valence-corrected chi connectivity index (χ1v) is 8.27. The number of nitrogens with two attached hydrogens (primary N) is 1. The minimum Gasteiger partial charge on any atom is -0.371 e. The Morgan fingerprint density at radius 2 is 1.95 bits per heavy atom. The van der Waals surface area contributed by atoms with Crippen molar-refractivity contribution >= 4 is 5.69 Å². The molecule has 2 N–H and O–H groups in total. The van der Waals surface area contributed by atoms with E-state index in [2.05, 4.69) is 36.9 Å². The third kappa shape index (κ3) is 2.71. The van der Waals surface area contributed by atoms with Crippen molar-refractivity contribution in [1.82, 2.24) is 0 Å². The van der Waals surface area contributed by atoms with Crippen LogP contribution in [0, 0.1) is 18.8 Å². The van der Waals surface area contributed by atoms with Gasteiger partial charge in [0.15, 0.2) is 0 Å². The van der Waals surface area contributed by atoms with Gasteiger partial charge >= 0.3 is 0 Å². The van der Waals surface area contributed by atoms with Gasteiger partial charge in [0.2, 0.25) is 0 Å². The Morgan fingerprint density at radius 3 is 2.55 bits per heavy atom. The van der Waals surface area contributed by atoms with Crippen molar-refractivity contribution in [3.8, 4) is 0 Å². The lowest BCUT2D eigenvalue weighted by atomic mass is 10.0. The predicted octanol–water partition coefficient (Wildman–Crippen LogP) is 3.51. The smallest absolute Gasteiger partial charge is 0.0396 e. The van der Waals surface area contributed by atoms with E-state index in [4.69, 9.17) is 5.73 Å². The zero-order valence-corrected chi connectivity index (χ0v) is 12.9. The predicted molar refractivity (Wildman–Crippen MR) is 86.2 cm³/mol. The normalized spacial score (nSPS) is 26.9. The summed E-state index contributed by atoms with van der Waals surface area (Å²) in [6, 6.07) is 7.25. The summed E-state index contributed by atoms with van der Waals surface area (Å²) in [5, 5.41) is 0. The molecule has 0 spiro atoms. The molecule has 3 unspecified atom stereocenters. The Hall–Kier alpha value is -1.02. The van der Waals surface area contributed by atoms with Gasteiger partial charge in [0.1, 0.15) is 0 Å². The molecule has 0 amide bonds. The fourth-order valence-electron chi connectivity index (χ4n) is 4.08. The number of hydrogen-bond acceptors (Lipinski definition) is 2. The van der Waals surface area contributed by atoms with Crippen molar-refractivity contribution in [2.45, 2.75) is 52.0 Å². The molecule has 110 valence electrons. The number of aryl methyl sites for hydroxylation is 1. The fraction of sp³-hybridized carbons (Fsp3) is 0.667. The molecule has 1 aliphatic carbocycles. The second-order valence-corrected chi connectivity index (χ2v) is 6.85. The summed E-state index contributed by atoms with van der Waals surface area (Å²) in [5.74, 6) is 1.92. The largest absolute Gasteiger partial charge is 0.371 e. The number of anilines is 1. The highest BCUT2D eigenvalue weighted by Crippen LogP contribution is 2.40. The van der Waals surface area contributed by atoms with Gasteiger partial charge in [0.05, 0.1) is 0 Å². The van der Waals surface area contributed by atoms with Crippen LogP contribution in [0.2, 0.25) is 0 Å². The van der Waals surface area contributed by atoms with Crippen LogP contribution in [0.15, 0.2) is 18.2 Å². The van der Waals surface area contributed by atoms with Gasteiger partial charge < -0.3 is 10.6 Å². The van der Waals surface area contributed by atoms with Gasteiger partial charge in [-0.15, -0.1) is 0 Å². The van der Waals surface area contributed by atoms with Gasteiger partial charge in [0.25, 0.3) is 0 Å². The first-order valence-electron chi connectivity index (χ1n) is 8.27. The topological polar surface area (TPSA) is 29.3 Å². The van der Waals surface area contributed by atoms with E-state index < -0.39 is 0 Å². The Kier molecular flexibility index (Phi) is 4.02. The van der Waals surface area contributed by atoms with Gasteiger partial charge in [-0.05, 0) is 61.6 Å². The number of fused-ring (bicyclic) bond motifs is 1. The highest BCUT2D eigenvalue weighted by atomic mass is 15.2. The van der Waals surface area contributed by atoms with E-state index in [9.17, 15) is 0 Å². The highest BCUT2D eigenvalue weighted by molar-refractivity contribution is 5.55. The van der Waals surface area contributed by atoms with Crippen molar-refractivity contribution < 1.29 is 0 Å². The second kappa shape index (κ2) is 5.77. The van der Waals surface area contributed by atoms with E-state index in [0.29, 0.717) is 6.04 Å². The Morgan fingerprint density at radius 1 is 1.25 bits per heavy atom. The van der Waals surface area contributed by atoms with Gasteiger partial charge in [-0.25, -0.2) is 0 Å². The van der Waals surface area contributed by atoms with Crippen LogP contribution >= 0.6 is 0 Å². The van der Waals surface area contributed by atoms with Crippen LogP contribution in [-0.2, 0) is 6.42 Å². The fourth-order valence-corrected chi connectivity index (χ4v) is 4.08. The van der Waals surface area contributed by atoms with Gasteiger partial charge in [0, 0.05) is 24.8 Å². The Bertz CT molecular complexity index is 456. The van der Waals surface area contributed by atoms with E-state index in [0.717, 1.165) is 24.7 Å². The first kappa shape index (κ1) is 13.9. The molecule has 3 rings (SSSR count). The van der Waals surface area contributed by atoms with Gasteiger partial charge in [-0.1, -0.05) is 25.5 Å². The summed E-state index contributed by atoms with van der Waals surface area (Å²) in [6.45, 7) is 6.97. The Labute approximate surface area is 123 Å². The molecule has 2 nitrogen and oxygen atoms in total. The molecule has 2 heteroatoms. The molecule has 1 aromatic rings. The van der Waals surface area contributed by atoms with Crippen LogP contribution in [-0.4, -0.2) is 19.1 Å². The van der Waals surface area contributed by atoms with E-state index in [1.165, 1.54) is 49.2 Å². The first-order chi connectivity index (χ1) is 9.67. The molecule has 2 fully saturated rings. The third-order valence-electron chi connectivity index (χ3n) is 5.35. The quantitative estimate of drug-likeness (QED) is 0.909. The summed E-state index contributed by atoms with van der Waals surface area (Å²) in [7, 11) is 0. The third-order valence-corrected chi connectivity index (χ3v) is 5.35. The molecule has 1 heterocycles. The van der Waals surface area contributed by atoms with E-state index >= 15 is 0 Å². The number of rotatable bonds is 4. The maximum Gasteiger partial charge on any atom is 0.0396 e. The monoisotopic (exact) mass is 272 g/mol. The minimum absolute atomic E-state index is 0.298. The van der Waals surface area contributed by atoms with E-state index in [1.54, 1.807) is 0 Å². The lowest BCUT2D eigenvalue weighted by molar-refractivity contribution is 0.494. The summed E-state index contributed by atoms with van der Waals surface area (Å²) >= 11 is 0. The van der Waals surface area contributed by atoms with Crippen molar-refractivity contribution in [1.29, 1.82) is 0 Å². The van der Waals surface area contributed by atoms with Crippen molar-refractivity contribution in [2.24, 2.45) is 17.6 Å². The molecule has 20 heavy (non-hydrogen) atoms. The molecule has 3 atom stereocenters. The molecule has 1 saturated heterocycles. The molecular weight excluding hydrogens is 244 g/mol. The zero-order valence-electron chi connectivity index (χ0n) is 12.9. The average Bonchev–Trinajstić information content (AvgIpc) is 2.99. The van der Waals surface area contributed by atoms with Crippen LogP contribution < -0.4 is 10.6 Å². The molecule has 0 radical (unpaired) electrons. The lowest BCUT2D eigenvalue weighted by Gasteiger charge is -2.22. The molecular formula is C18H28N2. The second-order valence-electron chi connectivity index (χ2n) is 6.85. The zero-order chi connectivity index (χ0) is 14.1. The molecule has 1 aliphatic heterocycles. The summed E-state index contributed by atoms with van der Waals surface area (Å²) in [4.78, 5) is 2.62. The van der Waals surface area contributed by atoms with Crippen LogP contribution in [0.4, 0.5) is 5.69 Å². The summed E-state index contributed by atoms with van der Waals surface area (Å²) < 4.78 is 0. The van der Waals surface area contributed by atoms with Crippen LogP contribution in [0.5, 0.6) is 0 Å². The lowest BCUT2D eigenvalue weighted by Crippen LogP contribution is -2.23. The van der Waals surface area contributed by atoms with E-state index in [-0.39, 0.29) is 0 Å². The summed E-state index contributed by atoms with van der Waals surface area (Å²) in [6.07, 6.45) is 6.41. The maximum atomic E-state index is 6.07. The standard InChI is InChI=1S/C18H28N2/c1-3-17(19)10-14-7-8-18(13(2)9-14)20-11-15-5-4-6-16(15)12-20/h7-9,15-17H,3-6,10-12,19H2,1-2H3. The SMILES string of the molecule is CCC(N)Cc1ccc(N2CC3CCCC3C2)c(C)c1. The van der Waals surface area contributed by atoms with Crippen molar-refractivity contribution in [2.75, 3.05) is 18.0 Å². The number of nitrogens with zero attached hydrogens (tertiary/aromatic N) is 1. The van der Waals surface area contributed by atoms with Crippen LogP contribution in [0.25, 0.3) is 0 Å². The molecule has 1 saturated carbocycles. The Balaban J connectivity index is 1.71. The number of benzene rings is 1. The minimum atomic E-state index is 0.298. The maximum absolute atomic E-state index is 6.07. The average molecular weight is 272 g/mol. The molecule has 2 aliphatic rings. The van der Waals surface area contributed by atoms with Crippen LogP contribution in [0.1, 0.15) is 43.7 Å². The number of hydrogen-bond donors (Lipinski definition) is 1. The molecule has 1 aromatic carbocycles. The summed E-state index contributed by atoms with van der Waals surface area (Å²) in [5.41, 5.74) is 10.3. The molecule has 0 aromatic heterocycles. The van der Waals surface area contributed by atoms with Crippen molar-refractivity contribution in [3.63, 3.8) is 0 Å². The van der Waals surface area contributed by atoms with Crippen LogP contribution in [0.3, 0.4) is 0 Å².